The first kappa shape index (κ1) is 30.7. The highest BCUT2D eigenvalue weighted by Gasteiger charge is 2.15. The molecule has 3 N–H and O–H groups in total. The Morgan fingerprint density at radius 1 is 0.696 bits per heavy atom. The van der Waals surface area contributed by atoms with Crippen LogP contribution in [0.15, 0.2) is 0 Å². The summed E-state index contributed by atoms with van der Waals surface area (Å²) in [4.78, 5) is 5.09. The second-order valence-electron chi connectivity index (χ2n) is 4.28. The zero-order chi connectivity index (χ0) is 18.9. The third kappa shape index (κ3) is 24.2. The Hall–Kier alpha value is -0.160. The first-order valence-electron chi connectivity index (χ1n) is 10.2. The van der Waals surface area contributed by atoms with Crippen molar-refractivity contribution in [1.82, 2.24) is 15.1 Å². The summed E-state index contributed by atoms with van der Waals surface area (Å²) in [6, 6.07) is 0. The van der Waals surface area contributed by atoms with Gasteiger partial charge >= 0.3 is 0 Å². The molecule has 1 fully saturated rings. The molecular weight excluding hydrogens is 284 g/mol. The predicted molar refractivity (Wildman–Crippen MR) is 110 cm³/mol. The molecule has 0 unspecified atom stereocenters. The minimum atomic E-state index is 0.822. The van der Waals surface area contributed by atoms with Gasteiger partial charge in [-0.1, -0.05) is 55.4 Å². The fourth-order valence-electron chi connectivity index (χ4n) is 2.03. The molecule has 1 aliphatic heterocycles. The molecule has 0 aromatic rings. The lowest BCUT2D eigenvalue weighted by Gasteiger charge is -2.34. The molecule has 0 saturated carbocycles. The van der Waals surface area contributed by atoms with E-state index in [0.29, 0.717) is 0 Å². The van der Waals surface area contributed by atoms with Gasteiger partial charge < -0.3 is 20.9 Å². The van der Waals surface area contributed by atoms with Crippen LogP contribution in [0.2, 0.25) is 0 Å². The second-order valence-corrected chi connectivity index (χ2v) is 4.28. The van der Waals surface area contributed by atoms with Crippen molar-refractivity contribution in [2.75, 3.05) is 59.4 Å². The van der Waals surface area contributed by atoms with Gasteiger partial charge in [0.1, 0.15) is 0 Å². The van der Waals surface area contributed by atoms with Crippen LogP contribution in [-0.4, -0.2) is 69.2 Å². The van der Waals surface area contributed by atoms with Crippen LogP contribution in [0, 0.1) is 0 Å². The SMILES string of the molecule is CC.CC.CC.CC.CNCCCN1CCN(CCCN)CC1. The van der Waals surface area contributed by atoms with E-state index in [1.165, 1.54) is 45.7 Å². The maximum atomic E-state index is 5.51. The third-order valence-corrected chi connectivity index (χ3v) is 3.04. The number of nitrogens with two attached hydrogens (primary N) is 1. The Morgan fingerprint density at radius 3 is 1.35 bits per heavy atom. The van der Waals surface area contributed by atoms with Crippen LogP contribution in [0.1, 0.15) is 68.2 Å². The Morgan fingerprint density at radius 2 is 1.04 bits per heavy atom. The molecule has 0 bridgehead atoms. The molecule has 0 radical (unpaired) electrons. The maximum Gasteiger partial charge on any atom is 0.0110 e. The normalized spacial score (nSPS) is 13.8. The van der Waals surface area contributed by atoms with Crippen LogP contribution in [0.5, 0.6) is 0 Å². The molecule has 1 aliphatic rings. The Bertz CT molecular complexity index is 146. The summed E-state index contributed by atoms with van der Waals surface area (Å²) in [5.74, 6) is 0. The van der Waals surface area contributed by atoms with E-state index in [1.807, 2.05) is 62.4 Å². The molecule has 4 heteroatoms. The van der Waals surface area contributed by atoms with E-state index in [0.717, 1.165) is 19.5 Å². The predicted octanol–water partition coefficient (Wildman–Crippen LogP) is 3.67. The topological polar surface area (TPSA) is 44.5 Å². The molecule has 146 valence electrons. The quantitative estimate of drug-likeness (QED) is 0.697. The van der Waals surface area contributed by atoms with Crippen molar-refractivity contribution in [1.29, 1.82) is 0 Å². The van der Waals surface area contributed by atoms with Crippen molar-refractivity contribution in [2.45, 2.75) is 68.2 Å². The number of nitrogens with one attached hydrogen (secondary N) is 1. The van der Waals surface area contributed by atoms with Gasteiger partial charge in [-0.3, -0.25) is 0 Å². The van der Waals surface area contributed by atoms with E-state index in [-0.39, 0.29) is 0 Å². The summed E-state index contributed by atoms with van der Waals surface area (Å²) in [7, 11) is 2.02. The molecular formula is C19H50N4. The molecule has 0 aromatic carbocycles. The van der Waals surface area contributed by atoms with Crippen LogP contribution in [0.25, 0.3) is 0 Å². The standard InChI is InChI=1S/C11H26N4.4C2H6/c1-13-5-3-7-15-10-8-14(9-11-15)6-2-4-12;4*1-2/h13H,2-12H2,1H3;4*1-2H3. The number of hydrogen-bond acceptors (Lipinski definition) is 4. The Labute approximate surface area is 149 Å². The zero-order valence-electron chi connectivity index (χ0n) is 18.0. The van der Waals surface area contributed by atoms with Gasteiger partial charge in [-0.2, -0.15) is 0 Å². The van der Waals surface area contributed by atoms with Crippen molar-refractivity contribution >= 4 is 0 Å². The molecule has 0 aliphatic carbocycles. The highest BCUT2D eigenvalue weighted by Crippen LogP contribution is 2.02. The molecule has 1 saturated heterocycles. The molecule has 0 atom stereocenters. The second kappa shape index (κ2) is 33.4. The lowest BCUT2D eigenvalue weighted by atomic mass is 10.2. The van der Waals surface area contributed by atoms with Crippen LogP contribution >= 0.6 is 0 Å². The summed E-state index contributed by atoms with van der Waals surface area (Å²) in [6.45, 7) is 25.3. The molecule has 0 spiro atoms. The van der Waals surface area contributed by atoms with Gasteiger partial charge in [-0.05, 0) is 46.1 Å². The Kier molecular flexibility index (Phi) is 44.6. The summed E-state index contributed by atoms with van der Waals surface area (Å²) in [6.07, 6.45) is 2.40. The number of nitrogens with zero attached hydrogens (tertiary/aromatic N) is 2. The van der Waals surface area contributed by atoms with Crippen molar-refractivity contribution in [3.05, 3.63) is 0 Å². The van der Waals surface area contributed by atoms with Gasteiger partial charge in [0.2, 0.25) is 0 Å². The van der Waals surface area contributed by atoms with Gasteiger partial charge in [0.15, 0.2) is 0 Å². The maximum absolute atomic E-state index is 5.51. The molecule has 0 amide bonds. The van der Waals surface area contributed by atoms with Crippen LogP contribution in [0.4, 0.5) is 0 Å². The minimum Gasteiger partial charge on any atom is -0.330 e. The van der Waals surface area contributed by atoms with Crippen molar-refractivity contribution < 1.29 is 0 Å². The highest BCUT2D eigenvalue weighted by molar-refractivity contribution is 4.71. The fraction of sp³-hybridized carbons (Fsp3) is 1.00. The molecule has 1 rings (SSSR count). The van der Waals surface area contributed by atoms with Gasteiger partial charge in [-0.15, -0.1) is 0 Å². The van der Waals surface area contributed by atoms with E-state index < -0.39 is 0 Å². The van der Waals surface area contributed by atoms with E-state index in [2.05, 4.69) is 15.1 Å². The molecule has 0 aromatic heterocycles. The summed E-state index contributed by atoms with van der Waals surface area (Å²) in [5.41, 5.74) is 5.51. The first-order valence-corrected chi connectivity index (χ1v) is 10.2. The zero-order valence-corrected chi connectivity index (χ0v) is 18.0. The molecule has 1 heterocycles. The van der Waals surface area contributed by atoms with Gasteiger partial charge in [0, 0.05) is 26.2 Å². The van der Waals surface area contributed by atoms with E-state index in [1.54, 1.807) is 0 Å². The van der Waals surface area contributed by atoms with E-state index in [9.17, 15) is 0 Å². The van der Waals surface area contributed by atoms with Crippen LogP contribution in [-0.2, 0) is 0 Å². The number of hydrogen-bond donors (Lipinski definition) is 2. The average Bonchev–Trinajstić information content (AvgIpc) is 2.68. The third-order valence-electron chi connectivity index (χ3n) is 3.04. The Balaban J connectivity index is -0.000000196. The smallest absolute Gasteiger partial charge is 0.0110 e. The summed E-state index contributed by atoms with van der Waals surface area (Å²) in [5, 5.41) is 3.19. The van der Waals surface area contributed by atoms with Crippen LogP contribution < -0.4 is 11.1 Å². The number of rotatable bonds is 7. The lowest BCUT2D eigenvalue weighted by Crippen LogP contribution is -2.47. The van der Waals surface area contributed by atoms with Crippen molar-refractivity contribution in [3.8, 4) is 0 Å². The average molecular weight is 335 g/mol. The van der Waals surface area contributed by atoms with Crippen molar-refractivity contribution in [3.63, 3.8) is 0 Å². The van der Waals surface area contributed by atoms with Gasteiger partial charge in [-0.25, -0.2) is 0 Å². The first-order chi connectivity index (χ1) is 11.4. The summed E-state index contributed by atoms with van der Waals surface area (Å²) < 4.78 is 0. The molecule has 23 heavy (non-hydrogen) atoms. The lowest BCUT2D eigenvalue weighted by molar-refractivity contribution is 0.131. The van der Waals surface area contributed by atoms with Gasteiger partial charge in [0.25, 0.3) is 0 Å². The van der Waals surface area contributed by atoms with Gasteiger partial charge in [0.05, 0.1) is 0 Å². The monoisotopic (exact) mass is 334 g/mol. The number of piperazine rings is 1. The minimum absolute atomic E-state index is 0.822. The van der Waals surface area contributed by atoms with Crippen LogP contribution in [0.3, 0.4) is 0 Å². The van der Waals surface area contributed by atoms with E-state index in [4.69, 9.17) is 5.73 Å². The highest BCUT2D eigenvalue weighted by atomic mass is 15.3. The van der Waals surface area contributed by atoms with E-state index >= 15 is 0 Å². The van der Waals surface area contributed by atoms with Crippen molar-refractivity contribution in [2.24, 2.45) is 5.73 Å². The molecule has 4 nitrogen and oxygen atoms in total. The summed E-state index contributed by atoms with van der Waals surface area (Å²) >= 11 is 0. The fourth-order valence-corrected chi connectivity index (χ4v) is 2.03. The largest absolute Gasteiger partial charge is 0.330 e.